The van der Waals surface area contributed by atoms with Crippen LogP contribution in [0.3, 0.4) is 0 Å². The van der Waals surface area contributed by atoms with E-state index in [2.05, 4.69) is 48.1 Å². The Bertz CT molecular complexity index is 458. The average Bonchev–Trinajstić information content (AvgIpc) is 2.95. The first-order valence-corrected chi connectivity index (χ1v) is 7.94. The summed E-state index contributed by atoms with van der Waals surface area (Å²) < 4.78 is 0. The van der Waals surface area contributed by atoms with Crippen LogP contribution in [-0.4, -0.2) is 36.5 Å². The summed E-state index contributed by atoms with van der Waals surface area (Å²) in [5, 5.41) is 3.16. The molecule has 4 heteroatoms. The SMILES string of the molecule is Cc1ccc(NC(N)=NCC(C(C)C)N2CCCC2)cc1. The molecule has 0 aromatic heterocycles. The molecule has 4 nitrogen and oxygen atoms in total. The number of anilines is 1. The Kier molecular flexibility index (Phi) is 5.62. The molecule has 0 amide bonds. The highest BCUT2D eigenvalue weighted by Crippen LogP contribution is 2.18. The van der Waals surface area contributed by atoms with Gasteiger partial charge in [0, 0.05) is 11.7 Å². The standard InChI is InChI=1S/C17H28N4/c1-13(2)16(21-10-4-5-11-21)12-19-17(18)20-15-8-6-14(3)7-9-15/h6-9,13,16H,4-5,10-12H2,1-3H3,(H3,18,19,20). The third-order valence-electron chi connectivity index (χ3n) is 4.15. The number of hydrogen-bond acceptors (Lipinski definition) is 2. The van der Waals surface area contributed by atoms with Crippen molar-refractivity contribution in [2.45, 2.75) is 39.7 Å². The number of nitrogens with one attached hydrogen (secondary N) is 1. The van der Waals surface area contributed by atoms with Gasteiger partial charge in [-0.05, 0) is 50.9 Å². The van der Waals surface area contributed by atoms with Crippen LogP contribution in [0.2, 0.25) is 0 Å². The summed E-state index contributed by atoms with van der Waals surface area (Å²) in [6.07, 6.45) is 2.62. The van der Waals surface area contributed by atoms with Crippen molar-refractivity contribution in [3.05, 3.63) is 29.8 Å². The van der Waals surface area contributed by atoms with E-state index < -0.39 is 0 Å². The quantitative estimate of drug-likeness (QED) is 0.647. The zero-order valence-electron chi connectivity index (χ0n) is 13.5. The number of nitrogens with zero attached hydrogens (tertiary/aromatic N) is 2. The number of likely N-dealkylation sites (tertiary alicyclic amines) is 1. The largest absolute Gasteiger partial charge is 0.370 e. The van der Waals surface area contributed by atoms with Crippen LogP contribution in [0.25, 0.3) is 0 Å². The van der Waals surface area contributed by atoms with Gasteiger partial charge in [-0.3, -0.25) is 9.89 Å². The van der Waals surface area contributed by atoms with E-state index in [9.17, 15) is 0 Å². The van der Waals surface area contributed by atoms with Crippen LogP contribution in [0.4, 0.5) is 5.69 Å². The highest BCUT2D eigenvalue weighted by molar-refractivity contribution is 5.92. The predicted molar refractivity (Wildman–Crippen MR) is 90.7 cm³/mol. The van der Waals surface area contributed by atoms with Crippen LogP contribution >= 0.6 is 0 Å². The molecular formula is C17H28N4. The highest BCUT2D eigenvalue weighted by atomic mass is 15.2. The molecule has 1 heterocycles. The molecule has 1 fully saturated rings. The molecule has 0 spiro atoms. The van der Waals surface area contributed by atoms with Crippen molar-refractivity contribution in [2.24, 2.45) is 16.6 Å². The van der Waals surface area contributed by atoms with E-state index >= 15 is 0 Å². The molecule has 1 aromatic rings. The number of aliphatic imine (C=N–C) groups is 1. The lowest BCUT2D eigenvalue weighted by molar-refractivity contribution is 0.198. The smallest absolute Gasteiger partial charge is 0.193 e. The van der Waals surface area contributed by atoms with E-state index in [0.29, 0.717) is 17.9 Å². The summed E-state index contributed by atoms with van der Waals surface area (Å²) in [6.45, 7) is 9.77. The van der Waals surface area contributed by atoms with Gasteiger partial charge < -0.3 is 11.1 Å². The van der Waals surface area contributed by atoms with Gasteiger partial charge in [0.2, 0.25) is 0 Å². The monoisotopic (exact) mass is 288 g/mol. The summed E-state index contributed by atoms with van der Waals surface area (Å²) in [6, 6.07) is 8.68. The number of rotatable bonds is 5. The van der Waals surface area contributed by atoms with Crippen LogP contribution in [0.15, 0.2) is 29.3 Å². The third-order valence-corrected chi connectivity index (χ3v) is 4.15. The molecular weight excluding hydrogens is 260 g/mol. The van der Waals surface area contributed by atoms with Crippen molar-refractivity contribution in [1.29, 1.82) is 0 Å². The Morgan fingerprint density at radius 3 is 2.43 bits per heavy atom. The summed E-state index contributed by atoms with van der Waals surface area (Å²) in [7, 11) is 0. The molecule has 21 heavy (non-hydrogen) atoms. The van der Waals surface area contributed by atoms with Gasteiger partial charge in [0.15, 0.2) is 5.96 Å². The van der Waals surface area contributed by atoms with Crippen LogP contribution in [0.1, 0.15) is 32.3 Å². The second-order valence-corrected chi connectivity index (χ2v) is 6.27. The summed E-state index contributed by atoms with van der Waals surface area (Å²) in [4.78, 5) is 7.10. The Labute approximate surface area is 128 Å². The average molecular weight is 288 g/mol. The minimum atomic E-state index is 0.492. The number of aryl methyl sites for hydroxylation is 1. The summed E-state index contributed by atoms with van der Waals surface area (Å²) in [5.41, 5.74) is 8.24. The maximum absolute atomic E-state index is 6.01. The van der Waals surface area contributed by atoms with Gasteiger partial charge >= 0.3 is 0 Å². The molecule has 116 valence electrons. The van der Waals surface area contributed by atoms with Gasteiger partial charge in [-0.15, -0.1) is 0 Å². The predicted octanol–water partition coefficient (Wildman–Crippen LogP) is 2.84. The molecule has 2 rings (SSSR count). The van der Waals surface area contributed by atoms with Gasteiger partial charge in [0.05, 0.1) is 6.54 Å². The Morgan fingerprint density at radius 2 is 1.86 bits per heavy atom. The molecule has 1 aliphatic rings. The fourth-order valence-electron chi connectivity index (χ4n) is 2.84. The summed E-state index contributed by atoms with van der Waals surface area (Å²) >= 11 is 0. The highest BCUT2D eigenvalue weighted by Gasteiger charge is 2.24. The number of guanidine groups is 1. The maximum atomic E-state index is 6.01. The number of benzene rings is 1. The molecule has 1 unspecified atom stereocenters. The van der Waals surface area contributed by atoms with E-state index in [1.165, 1.54) is 31.5 Å². The molecule has 1 atom stereocenters. The fourth-order valence-corrected chi connectivity index (χ4v) is 2.84. The molecule has 1 aliphatic heterocycles. The van der Waals surface area contributed by atoms with E-state index in [-0.39, 0.29) is 0 Å². The molecule has 1 aromatic carbocycles. The van der Waals surface area contributed by atoms with Crippen LogP contribution in [0.5, 0.6) is 0 Å². The third kappa shape index (κ3) is 4.74. The van der Waals surface area contributed by atoms with Gasteiger partial charge in [0.1, 0.15) is 0 Å². The second kappa shape index (κ2) is 7.46. The van der Waals surface area contributed by atoms with E-state index in [1.54, 1.807) is 0 Å². The van der Waals surface area contributed by atoms with Gasteiger partial charge in [-0.25, -0.2) is 0 Å². The number of hydrogen-bond donors (Lipinski definition) is 2. The van der Waals surface area contributed by atoms with Crippen molar-refractivity contribution in [3.8, 4) is 0 Å². The normalized spacial score (nSPS) is 18.2. The van der Waals surface area contributed by atoms with Crippen LogP contribution < -0.4 is 11.1 Å². The van der Waals surface area contributed by atoms with Gasteiger partial charge in [-0.2, -0.15) is 0 Å². The van der Waals surface area contributed by atoms with Gasteiger partial charge in [-0.1, -0.05) is 31.5 Å². The molecule has 3 N–H and O–H groups in total. The Morgan fingerprint density at radius 1 is 1.24 bits per heavy atom. The van der Waals surface area contributed by atoms with Crippen LogP contribution in [-0.2, 0) is 0 Å². The Hall–Kier alpha value is -1.55. The van der Waals surface area contributed by atoms with E-state index in [4.69, 9.17) is 5.73 Å². The Balaban J connectivity index is 1.92. The lowest BCUT2D eigenvalue weighted by Gasteiger charge is -2.29. The minimum absolute atomic E-state index is 0.492. The van der Waals surface area contributed by atoms with Crippen molar-refractivity contribution >= 4 is 11.6 Å². The lowest BCUT2D eigenvalue weighted by Crippen LogP contribution is -2.40. The maximum Gasteiger partial charge on any atom is 0.193 e. The first kappa shape index (κ1) is 15.8. The van der Waals surface area contributed by atoms with Crippen LogP contribution in [0, 0.1) is 12.8 Å². The first-order chi connectivity index (χ1) is 10.1. The van der Waals surface area contributed by atoms with Crippen molar-refractivity contribution in [3.63, 3.8) is 0 Å². The zero-order chi connectivity index (χ0) is 15.2. The van der Waals surface area contributed by atoms with Crippen molar-refractivity contribution in [1.82, 2.24) is 4.90 Å². The fraction of sp³-hybridized carbons (Fsp3) is 0.588. The number of nitrogens with two attached hydrogens (primary N) is 1. The van der Waals surface area contributed by atoms with Gasteiger partial charge in [0.25, 0.3) is 0 Å². The van der Waals surface area contributed by atoms with E-state index in [0.717, 1.165) is 12.2 Å². The molecule has 0 bridgehead atoms. The molecule has 0 saturated carbocycles. The molecule has 0 aliphatic carbocycles. The van der Waals surface area contributed by atoms with E-state index in [1.807, 2.05) is 12.1 Å². The zero-order valence-corrected chi connectivity index (χ0v) is 13.5. The first-order valence-electron chi connectivity index (χ1n) is 7.94. The van der Waals surface area contributed by atoms with Crippen molar-refractivity contribution in [2.75, 3.05) is 25.0 Å². The molecule has 0 radical (unpaired) electrons. The van der Waals surface area contributed by atoms with Crippen molar-refractivity contribution < 1.29 is 0 Å². The summed E-state index contributed by atoms with van der Waals surface area (Å²) in [5.74, 6) is 1.10. The topological polar surface area (TPSA) is 53.6 Å². The minimum Gasteiger partial charge on any atom is -0.370 e. The molecule has 1 saturated heterocycles. The lowest BCUT2D eigenvalue weighted by atomic mass is 10.0. The second-order valence-electron chi connectivity index (χ2n) is 6.27.